The van der Waals surface area contributed by atoms with Crippen LogP contribution < -0.4 is 5.32 Å². The van der Waals surface area contributed by atoms with E-state index in [4.69, 9.17) is 12.2 Å². The number of hydrogen-bond donors (Lipinski definition) is 1. The molecule has 3 rings (SSSR count). The lowest BCUT2D eigenvalue weighted by atomic mass is 9.95. The van der Waals surface area contributed by atoms with Crippen LogP contribution in [0.15, 0.2) is 35.2 Å². The van der Waals surface area contributed by atoms with E-state index < -0.39 is 0 Å². The van der Waals surface area contributed by atoms with Gasteiger partial charge in [0.25, 0.3) is 5.91 Å². The molecule has 0 aromatic heterocycles. The van der Waals surface area contributed by atoms with Crippen LogP contribution in [0.1, 0.15) is 37.7 Å². The van der Waals surface area contributed by atoms with Crippen molar-refractivity contribution in [2.45, 2.75) is 38.1 Å². The third kappa shape index (κ3) is 4.24. The number of thioether (sulfide) groups is 1. The third-order valence-corrected chi connectivity index (χ3v) is 5.62. The topological polar surface area (TPSA) is 49.4 Å². The Hall–Kier alpha value is -1.66. The van der Waals surface area contributed by atoms with Gasteiger partial charge in [-0.2, -0.15) is 0 Å². The summed E-state index contributed by atoms with van der Waals surface area (Å²) in [5.74, 6) is -0.313. The lowest BCUT2D eigenvalue weighted by Crippen LogP contribution is -2.44. The van der Waals surface area contributed by atoms with E-state index >= 15 is 0 Å². The number of carbonyl (C=O) groups excluding carboxylic acids is 2. The van der Waals surface area contributed by atoms with Crippen LogP contribution in [0, 0.1) is 0 Å². The summed E-state index contributed by atoms with van der Waals surface area (Å²) in [6.07, 6.45) is 7.43. The zero-order chi connectivity index (χ0) is 16.9. The van der Waals surface area contributed by atoms with Crippen LogP contribution in [0.4, 0.5) is 0 Å². The van der Waals surface area contributed by atoms with Gasteiger partial charge < -0.3 is 5.32 Å². The van der Waals surface area contributed by atoms with E-state index in [1.54, 1.807) is 0 Å². The zero-order valence-electron chi connectivity index (χ0n) is 13.4. The minimum absolute atomic E-state index is 0.00724. The van der Waals surface area contributed by atoms with Crippen LogP contribution in [0.3, 0.4) is 0 Å². The number of amides is 2. The highest BCUT2D eigenvalue weighted by atomic mass is 32.2. The standard InChI is InChI=1S/C18H20N2O2S2/c21-16(19-14-9-5-2-6-10-14)12-20-17(22)15(24-18(20)23)11-13-7-3-1-4-8-13/h1,3-4,7-8,11,14H,2,5-6,9-10,12H2,(H,19,21)/b15-11+. The fraction of sp³-hybridized carbons (Fsp3) is 0.389. The Balaban J connectivity index is 1.61. The van der Waals surface area contributed by atoms with Crippen molar-refractivity contribution in [1.29, 1.82) is 0 Å². The highest BCUT2D eigenvalue weighted by molar-refractivity contribution is 8.26. The number of nitrogens with zero attached hydrogens (tertiary/aromatic N) is 1. The van der Waals surface area contributed by atoms with Gasteiger partial charge in [0.2, 0.25) is 5.91 Å². The number of thiocarbonyl (C=S) groups is 1. The maximum Gasteiger partial charge on any atom is 0.266 e. The average molecular weight is 361 g/mol. The molecule has 1 aliphatic carbocycles. The summed E-state index contributed by atoms with van der Waals surface area (Å²) in [7, 11) is 0. The summed E-state index contributed by atoms with van der Waals surface area (Å²) >= 11 is 6.53. The SMILES string of the molecule is O=C(CN1C(=O)/C(=C\c2ccccc2)SC1=S)NC1CCCCC1. The van der Waals surface area contributed by atoms with Crippen molar-refractivity contribution in [3.05, 3.63) is 40.8 Å². The Morgan fingerprint density at radius 3 is 2.67 bits per heavy atom. The van der Waals surface area contributed by atoms with Crippen molar-refractivity contribution in [1.82, 2.24) is 10.2 Å². The van der Waals surface area contributed by atoms with Crippen molar-refractivity contribution >= 4 is 46.2 Å². The first-order valence-corrected chi connectivity index (χ1v) is 9.46. The molecular weight excluding hydrogens is 340 g/mol. The van der Waals surface area contributed by atoms with Gasteiger partial charge in [0.1, 0.15) is 10.9 Å². The van der Waals surface area contributed by atoms with Crippen LogP contribution in [0.25, 0.3) is 6.08 Å². The average Bonchev–Trinajstić information content (AvgIpc) is 2.84. The van der Waals surface area contributed by atoms with Gasteiger partial charge in [-0.05, 0) is 24.5 Å². The first-order chi connectivity index (χ1) is 11.6. The predicted molar refractivity (Wildman–Crippen MR) is 101 cm³/mol. The summed E-state index contributed by atoms with van der Waals surface area (Å²) in [5, 5.41) is 3.03. The smallest absolute Gasteiger partial charge is 0.266 e. The van der Waals surface area contributed by atoms with E-state index in [2.05, 4.69) is 5.32 Å². The zero-order valence-corrected chi connectivity index (χ0v) is 15.0. The Morgan fingerprint density at radius 1 is 1.25 bits per heavy atom. The molecule has 4 nitrogen and oxygen atoms in total. The molecular formula is C18H20N2O2S2. The van der Waals surface area contributed by atoms with Crippen molar-refractivity contribution in [3.8, 4) is 0 Å². The maximum absolute atomic E-state index is 12.5. The maximum atomic E-state index is 12.5. The molecule has 0 unspecified atom stereocenters. The Morgan fingerprint density at radius 2 is 1.96 bits per heavy atom. The van der Waals surface area contributed by atoms with Gasteiger partial charge in [-0.1, -0.05) is 73.6 Å². The lowest BCUT2D eigenvalue weighted by Gasteiger charge is -2.24. The summed E-state index contributed by atoms with van der Waals surface area (Å²) in [6.45, 7) is 0.00724. The van der Waals surface area contributed by atoms with Crippen LogP contribution >= 0.6 is 24.0 Å². The normalized spacial score (nSPS) is 20.7. The molecule has 1 saturated carbocycles. The van der Waals surface area contributed by atoms with Crippen LogP contribution in [-0.2, 0) is 9.59 Å². The van der Waals surface area contributed by atoms with Crippen LogP contribution in [0.2, 0.25) is 0 Å². The van der Waals surface area contributed by atoms with E-state index in [0.29, 0.717) is 9.23 Å². The second-order valence-corrected chi connectivity index (χ2v) is 7.76. The molecule has 0 atom stereocenters. The van der Waals surface area contributed by atoms with Gasteiger partial charge in [-0.15, -0.1) is 0 Å². The summed E-state index contributed by atoms with van der Waals surface area (Å²) in [5.41, 5.74) is 0.949. The molecule has 0 bridgehead atoms. The molecule has 0 spiro atoms. The monoisotopic (exact) mass is 360 g/mol. The van der Waals surface area contributed by atoms with Crippen LogP contribution in [-0.4, -0.2) is 33.6 Å². The summed E-state index contributed by atoms with van der Waals surface area (Å²) in [6, 6.07) is 9.88. The van der Waals surface area contributed by atoms with Gasteiger partial charge in [0.15, 0.2) is 0 Å². The van der Waals surface area contributed by atoms with Crippen molar-refractivity contribution in [2.24, 2.45) is 0 Å². The summed E-state index contributed by atoms with van der Waals surface area (Å²) < 4.78 is 0.445. The largest absolute Gasteiger partial charge is 0.352 e. The predicted octanol–water partition coefficient (Wildman–Crippen LogP) is 3.34. The number of rotatable bonds is 4. The number of hydrogen-bond acceptors (Lipinski definition) is 4. The Bertz CT molecular complexity index is 667. The molecule has 1 aliphatic heterocycles. The van der Waals surface area contributed by atoms with Crippen molar-refractivity contribution < 1.29 is 9.59 Å². The second-order valence-electron chi connectivity index (χ2n) is 6.08. The number of carbonyl (C=O) groups is 2. The molecule has 0 radical (unpaired) electrons. The number of benzene rings is 1. The van der Waals surface area contributed by atoms with Gasteiger partial charge in [-0.25, -0.2) is 0 Å². The molecule has 1 N–H and O–H groups in total. The first kappa shape index (κ1) is 17.2. The Labute approximate surface area is 151 Å². The minimum Gasteiger partial charge on any atom is -0.352 e. The summed E-state index contributed by atoms with van der Waals surface area (Å²) in [4.78, 5) is 26.7. The van der Waals surface area contributed by atoms with Gasteiger partial charge in [-0.3, -0.25) is 14.5 Å². The molecule has 2 amide bonds. The second kappa shape index (κ2) is 7.94. The quantitative estimate of drug-likeness (QED) is 0.661. The lowest BCUT2D eigenvalue weighted by molar-refractivity contribution is -0.129. The highest BCUT2D eigenvalue weighted by Crippen LogP contribution is 2.32. The van der Waals surface area contributed by atoms with E-state index in [9.17, 15) is 9.59 Å². The molecule has 24 heavy (non-hydrogen) atoms. The molecule has 1 saturated heterocycles. The molecule has 6 heteroatoms. The first-order valence-electron chi connectivity index (χ1n) is 8.23. The molecule has 2 aliphatic rings. The minimum atomic E-state index is -0.187. The van der Waals surface area contributed by atoms with Gasteiger partial charge >= 0.3 is 0 Å². The van der Waals surface area contributed by atoms with Crippen molar-refractivity contribution in [3.63, 3.8) is 0 Å². The van der Waals surface area contributed by atoms with Gasteiger partial charge in [0.05, 0.1) is 4.91 Å². The molecule has 1 aromatic rings. The van der Waals surface area contributed by atoms with Crippen LogP contribution in [0.5, 0.6) is 0 Å². The van der Waals surface area contributed by atoms with Crippen molar-refractivity contribution in [2.75, 3.05) is 6.54 Å². The van der Waals surface area contributed by atoms with E-state index in [1.807, 2.05) is 36.4 Å². The third-order valence-electron chi connectivity index (χ3n) is 4.24. The van der Waals surface area contributed by atoms with E-state index in [0.717, 1.165) is 31.2 Å². The molecule has 126 valence electrons. The Kier molecular flexibility index (Phi) is 5.68. The molecule has 2 fully saturated rings. The fourth-order valence-corrected chi connectivity index (χ4v) is 4.26. The van der Waals surface area contributed by atoms with E-state index in [-0.39, 0.29) is 24.4 Å². The number of nitrogens with one attached hydrogen (secondary N) is 1. The van der Waals surface area contributed by atoms with E-state index in [1.165, 1.54) is 23.1 Å². The molecule has 1 heterocycles. The van der Waals surface area contributed by atoms with Gasteiger partial charge in [0, 0.05) is 6.04 Å². The molecule has 1 aromatic carbocycles. The fourth-order valence-electron chi connectivity index (χ4n) is 3.00. The highest BCUT2D eigenvalue weighted by Gasteiger charge is 2.33.